The lowest BCUT2D eigenvalue weighted by Gasteiger charge is -2.09. The van der Waals surface area contributed by atoms with Gasteiger partial charge in [0.2, 0.25) is 5.91 Å². The molecule has 0 atom stereocenters. The topological polar surface area (TPSA) is 49.3 Å². The Morgan fingerprint density at radius 2 is 1.86 bits per heavy atom. The normalized spacial score (nSPS) is 10.3. The average Bonchev–Trinajstić information content (AvgIpc) is 2.52. The number of benzene rings is 2. The van der Waals surface area contributed by atoms with Crippen molar-refractivity contribution in [2.45, 2.75) is 32.7 Å². The van der Waals surface area contributed by atoms with Gasteiger partial charge in [0, 0.05) is 18.5 Å². The first kappa shape index (κ1) is 15.1. The van der Waals surface area contributed by atoms with Crippen LogP contribution in [-0.4, -0.2) is 11.0 Å². The Bertz CT molecular complexity index is 593. The molecule has 0 spiro atoms. The Kier molecular flexibility index (Phi) is 5.38. The summed E-state index contributed by atoms with van der Waals surface area (Å²) in [6.07, 6.45) is 2.44. The number of carbonyl (C=O) groups is 1. The molecule has 0 aliphatic carbocycles. The second kappa shape index (κ2) is 7.48. The number of hydrogen-bond donors (Lipinski definition) is 2. The standard InChI is InChI=1S/C18H21NO2/c1-2-3-9-18(21)19-13-16-11-10-15(12-17(16)20)14-7-5-4-6-8-14/h4-8,10-12,20H,2-3,9,13H2,1H3,(H,19,21). The third-order valence-electron chi connectivity index (χ3n) is 3.43. The summed E-state index contributed by atoms with van der Waals surface area (Å²) in [6, 6.07) is 15.5. The maximum atomic E-state index is 11.6. The van der Waals surface area contributed by atoms with E-state index in [0.717, 1.165) is 29.5 Å². The van der Waals surface area contributed by atoms with Gasteiger partial charge in [-0.05, 0) is 23.6 Å². The van der Waals surface area contributed by atoms with Gasteiger partial charge in [0.25, 0.3) is 0 Å². The van der Waals surface area contributed by atoms with E-state index in [1.165, 1.54) is 0 Å². The maximum absolute atomic E-state index is 11.6. The van der Waals surface area contributed by atoms with Crippen molar-refractivity contribution in [2.24, 2.45) is 0 Å². The lowest BCUT2D eigenvalue weighted by Crippen LogP contribution is -2.22. The summed E-state index contributed by atoms with van der Waals surface area (Å²) in [5.41, 5.74) is 2.76. The Morgan fingerprint density at radius 1 is 1.10 bits per heavy atom. The fourth-order valence-electron chi connectivity index (χ4n) is 2.14. The molecule has 3 nitrogen and oxygen atoms in total. The molecule has 0 bridgehead atoms. The van der Waals surface area contributed by atoms with Gasteiger partial charge in [0.05, 0.1) is 0 Å². The van der Waals surface area contributed by atoms with Gasteiger partial charge >= 0.3 is 0 Å². The summed E-state index contributed by atoms with van der Waals surface area (Å²) < 4.78 is 0. The van der Waals surface area contributed by atoms with Crippen molar-refractivity contribution in [1.82, 2.24) is 5.32 Å². The average molecular weight is 283 g/mol. The predicted molar refractivity (Wildman–Crippen MR) is 84.9 cm³/mol. The van der Waals surface area contributed by atoms with Crippen molar-refractivity contribution >= 4 is 5.91 Å². The van der Waals surface area contributed by atoms with E-state index in [4.69, 9.17) is 0 Å². The van der Waals surface area contributed by atoms with Crippen LogP contribution >= 0.6 is 0 Å². The van der Waals surface area contributed by atoms with Gasteiger partial charge in [-0.2, -0.15) is 0 Å². The SMILES string of the molecule is CCCCC(=O)NCc1ccc(-c2ccccc2)cc1O. The number of rotatable bonds is 6. The molecular weight excluding hydrogens is 262 g/mol. The van der Waals surface area contributed by atoms with Gasteiger partial charge in [0.1, 0.15) is 5.75 Å². The monoisotopic (exact) mass is 283 g/mol. The largest absolute Gasteiger partial charge is 0.508 e. The van der Waals surface area contributed by atoms with E-state index in [1.807, 2.05) is 42.5 Å². The van der Waals surface area contributed by atoms with Gasteiger partial charge in [-0.15, -0.1) is 0 Å². The molecule has 1 amide bonds. The van der Waals surface area contributed by atoms with Crippen molar-refractivity contribution in [3.63, 3.8) is 0 Å². The van der Waals surface area contributed by atoms with Crippen LogP contribution in [-0.2, 0) is 11.3 Å². The second-order valence-electron chi connectivity index (χ2n) is 5.09. The number of aromatic hydroxyl groups is 1. The molecule has 2 aromatic rings. The van der Waals surface area contributed by atoms with Crippen LogP contribution in [0.15, 0.2) is 48.5 Å². The van der Waals surface area contributed by atoms with Crippen molar-refractivity contribution in [2.75, 3.05) is 0 Å². The number of phenolic OH excluding ortho intramolecular Hbond substituents is 1. The summed E-state index contributed by atoms with van der Waals surface area (Å²) >= 11 is 0. The molecule has 21 heavy (non-hydrogen) atoms. The number of unbranched alkanes of at least 4 members (excludes halogenated alkanes) is 1. The molecule has 3 heteroatoms. The van der Waals surface area contributed by atoms with Crippen LogP contribution in [0.2, 0.25) is 0 Å². The van der Waals surface area contributed by atoms with Crippen LogP contribution in [0.1, 0.15) is 31.7 Å². The first-order valence-corrected chi connectivity index (χ1v) is 7.34. The highest BCUT2D eigenvalue weighted by Gasteiger charge is 2.06. The molecule has 0 aromatic heterocycles. The Morgan fingerprint density at radius 3 is 2.52 bits per heavy atom. The van der Waals surface area contributed by atoms with Crippen molar-refractivity contribution in [1.29, 1.82) is 0 Å². The van der Waals surface area contributed by atoms with E-state index in [9.17, 15) is 9.90 Å². The highest BCUT2D eigenvalue weighted by Crippen LogP contribution is 2.26. The van der Waals surface area contributed by atoms with Gasteiger partial charge < -0.3 is 10.4 Å². The molecule has 0 saturated carbocycles. The first-order chi connectivity index (χ1) is 10.2. The quantitative estimate of drug-likeness (QED) is 0.845. The minimum atomic E-state index is 0.0309. The van der Waals surface area contributed by atoms with E-state index in [0.29, 0.717) is 13.0 Å². The lowest BCUT2D eigenvalue weighted by atomic mass is 10.0. The molecule has 2 rings (SSSR count). The molecule has 0 unspecified atom stereocenters. The van der Waals surface area contributed by atoms with Gasteiger partial charge in [-0.1, -0.05) is 55.8 Å². The van der Waals surface area contributed by atoms with Crippen molar-refractivity contribution < 1.29 is 9.90 Å². The summed E-state index contributed by atoms with van der Waals surface area (Å²) in [7, 11) is 0. The van der Waals surface area contributed by atoms with Gasteiger partial charge in [-0.3, -0.25) is 4.79 Å². The minimum absolute atomic E-state index is 0.0309. The molecule has 2 aromatic carbocycles. The van der Waals surface area contributed by atoms with E-state index in [1.54, 1.807) is 6.07 Å². The smallest absolute Gasteiger partial charge is 0.220 e. The van der Waals surface area contributed by atoms with Crippen LogP contribution in [0, 0.1) is 0 Å². The summed E-state index contributed by atoms with van der Waals surface area (Å²) in [5.74, 6) is 0.246. The molecule has 0 heterocycles. The number of hydrogen-bond acceptors (Lipinski definition) is 2. The van der Waals surface area contributed by atoms with Gasteiger partial charge in [0.15, 0.2) is 0 Å². The zero-order valence-electron chi connectivity index (χ0n) is 12.3. The predicted octanol–water partition coefficient (Wildman–Crippen LogP) is 3.87. The van der Waals surface area contributed by atoms with Crippen LogP contribution in [0.25, 0.3) is 11.1 Å². The Hall–Kier alpha value is -2.29. The molecule has 110 valence electrons. The van der Waals surface area contributed by atoms with Crippen LogP contribution < -0.4 is 5.32 Å². The molecular formula is C18H21NO2. The van der Waals surface area contributed by atoms with Crippen molar-refractivity contribution in [3.8, 4) is 16.9 Å². The van der Waals surface area contributed by atoms with E-state index < -0.39 is 0 Å². The lowest BCUT2D eigenvalue weighted by molar-refractivity contribution is -0.121. The van der Waals surface area contributed by atoms with Crippen LogP contribution in [0.3, 0.4) is 0 Å². The van der Waals surface area contributed by atoms with Crippen LogP contribution in [0.4, 0.5) is 0 Å². The molecule has 0 radical (unpaired) electrons. The minimum Gasteiger partial charge on any atom is -0.508 e. The molecule has 2 N–H and O–H groups in total. The second-order valence-corrected chi connectivity index (χ2v) is 5.09. The number of phenols is 1. The third kappa shape index (κ3) is 4.35. The highest BCUT2D eigenvalue weighted by molar-refractivity contribution is 5.76. The summed E-state index contributed by atoms with van der Waals surface area (Å²) in [6.45, 7) is 2.42. The highest BCUT2D eigenvalue weighted by atomic mass is 16.3. The van der Waals surface area contributed by atoms with Gasteiger partial charge in [-0.25, -0.2) is 0 Å². The first-order valence-electron chi connectivity index (χ1n) is 7.34. The fourth-order valence-corrected chi connectivity index (χ4v) is 2.14. The van der Waals surface area contributed by atoms with E-state index in [-0.39, 0.29) is 11.7 Å². The third-order valence-corrected chi connectivity index (χ3v) is 3.43. The number of nitrogens with one attached hydrogen (secondary N) is 1. The zero-order chi connectivity index (χ0) is 15.1. The maximum Gasteiger partial charge on any atom is 0.220 e. The van der Waals surface area contributed by atoms with E-state index in [2.05, 4.69) is 12.2 Å². The Balaban J connectivity index is 2.01. The van der Waals surface area contributed by atoms with Crippen LogP contribution in [0.5, 0.6) is 5.75 Å². The summed E-state index contributed by atoms with van der Waals surface area (Å²) in [5, 5.41) is 12.9. The molecule has 0 aliphatic rings. The summed E-state index contributed by atoms with van der Waals surface area (Å²) in [4.78, 5) is 11.6. The van der Waals surface area contributed by atoms with Crippen molar-refractivity contribution in [3.05, 3.63) is 54.1 Å². The van der Waals surface area contributed by atoms with E-state index >= 15 is 0 Å². The Labute approximate surface area is 125 Å². The number of amides is 1. The fraction of sp³-hybridized carbons (Fsp3) is 0.278. The zero-order valence-corrected chi connectivity index (χ0v) is 12.3. The molecule has 0 saturated heterocycles. The molecule has 0 fully saturated rings. The molecule has 0 aliphatic heterocycles. The number of carbonyl (C=O) groups excluding carboxylic acids is 1.